The van der Waals surface area contributed by atoms with Crippen molar-refractivity contribution < 1.29 is 24.2 Å². The molecule has 2 heterocycles. The Morgan fingerprint density at radius 3 is 2.59 bits per heavy atom. The molecular formula is C27H26N2O5. The van der Waals surface area contributed by atoms with Gasteiger partial charge >= 0.3 is 0 Å². The predicted octanol–water partition coefficient (Wildman–Crippen LogP) is 4.50. The standard InChI is InChI=1S/C27H26N2O5/c1-3-15-34-20-11-8-9-18(16-20)25(30)23-24(21-12-4-5-13-22(21)33-2)29(27(32)26(23)31)17-19-10-6-7-14-28-19/h4-14,16,24,30H,3,15,17H2,1-2H3/b25-23-. The number of hydrogen-bond acceptors (Lipinski definition) is 6. The fourth-order valence-electron chi connectivity index (χ4n) is 4.03. The molecule has 1 aliphatic heterocycles. The van der Waals surface area contributed by atoms with E-state index in [2.05, 4.69) is 4.98 Å². The molecule has 174 valence electrons. The normalized spacial score (nSPS) is 17.1. The number of carbonyl (C=O) groups is 2. The average molecular weight is 459 g/mol. The van der Waals surface area contributed by atoms with Crippen LogP contribution in [-0.4, -0.2) is 40.4 Å². The van der Waals surface area contributed by atoms with Gasteiger partial charge in [0.25, 0.3) is 11.7 Å². The van der Waals surface area contributed by atoms with E-state index in [1.54, 1.807) is 60.8 Å². The number of likely N-dealkylation sites (tertiary alicyclic amines) is 1. The lowest BCUT2D eigenvalue weighted by atomic mass is 9.94. The lowest BCUT2D eigenvalue weighted by molar-refractivity contribution is -0.140. The Bertz CT molecular complexity index is 1220. The van der Waals surface area contributed by atoms with Gasteiger partial charge in [-0.25, -0.2) is 0 Å². The van der Waals surface area contributed by atoms with Crippen LogP contribution in [-0.2, 0) is 16.1 Å². The van der Waals surface area contributed by atoms with Crippen molar-refractivity contribution >= 4 is 17.4 Å². The van der Waals surface area contributed by atoms with Crippen LogP contribution in [0.5, 0.6) is 11.5 Å². The summed E-state index contributed by atoms with van der Waals surface area (Å²) in [6.45, 7) is 2.63. The first kappa shape index (κ1) is 23.0. The summed E-state index contributed by atoms with van der Waals surface area (Å²) in [6.07, 6.45) is 2.47. The van der Waals surface area contributed by atoms with Crippen molar-refractivity contribution in [2.75, 3.05) is 13.7 Å². The molecule has 1 aliphatic rings. The van der Waals surface area contributed by atoms with Gasteiger partial charge in [0.15, 0.2) is 0 Å². The number of rotatable bonds is 8. The van der Waals surface area contributed by atoms with Gasteiger partial charge in [-0.3, -0.25) is 14.6 Å². The lowest BCUT2D eigenvalue weighted by Gasteiger charge is -2.26. The van der Waals surface area contributed by atoms with Gasteiger partial charge in [0.05, 0.1) is 37.6 Å². The molecule has 1 aromatic heterocycles. The summed E-state index contributed by atoms with van der Waals surface area (Å²) in [5.74, 6) is -0.653. The number of nitrogens with zero attached hydrogens (tertiary/aromatic N) is 2. The number of benzene rings is 2. The van der Waals surface area contributed by atoms with Gasteiger partial charge < -0.3 is 19.5 Å². The second kappa shape index (κ2) is 10.2. The maximum absolute atomic E-state index is 13.3. The summed E-state index contributed by atoms with van der Waals surface area (Å²) < 4.78 is 11.2. The molecule has 7 nitrogen and oxygen atoms in total. The van der Waals surface area contributed by atoms with Gasteiger partial charge in [-0.05, 0) is 36.8 Å². The number of Topliss-reactive ketones (excluding diaryl/α,β-unsaturated/α-hetero) is 1. The van der Waals surface area contributed by atoms with Gasteiger partial charge in [0.1, 0.15) is 17.3 Å². The zero-order valence-electron chi connectivity index (χ0n) is 19.1. The molecule has 7 heteroatoms. The van der Waals surface area contributed by atoms with Crippen molar-refractivity contribution in [2.45, 2.75) is 25.9 Å². The third-order valence-corrected chi connectivity index (χ3v) is 5.61. The number of amides is 1. The van der Waals surface area contributed by atoms with E-state index in [1.165, 1.54) is 12.0 Å². The number of methoxy groups -OCH3 is 1. The molecule has 3 aromatic rings. The minimum Gasteiger partial charge on any atom is -0.507 e. The smallest absolute Gasteiger partial charge is 0.296 e. The van der Waals surface area contributed by atoms with Crippen LogP contribution < -0.4 is 9.47 Å². The third kappa shape index (κ3) is 4.50. The van der Waals surface area contributed by atoms with Crippen LogP contribution in [0, 0.1) is 0 Å². The summed E-state index contributed by atoms with van der Waals surface area (Å²) in [4.78, 5) is 32.2. The van der Waals surface area contributed by atoms with Gasteiger partial charge in [-0.2, -0.15) is 0 Å². The van der Waals surface area contributed by atoms with E-state index < -0.39 is 17.7 Å². The molecule has 34 heavy (non-hydrogen) atoms. The van der Waals surface area contributed by atoms with Crippen LogP contribution in [0.4, 0.5) is 0 Å². The molecule has 0 spiro atoms. The molecule has 1 atom stereocenters. The van der Waals surface area contributed by atoms with Crippen molar-refractivity contribution in [2.24, 2.45) is 0 Å². The summed E-state index contributed by atoms with van der Waals surface area (Å²) in [7, 11) is 1.53. The Morgan fingerprint density at radius 2 is 1.85 bits per heavy atom. The second-order valence-corrected chi connectivity index (χ2v) is 7.87. The van der Waals surface area contributed by atoms with E-state index in [4.69, 9.17) is 9.47 Å². The highest BCUT2D eigenvalue weighted by Crippen LogP contribution is 2.43. The summed E-state index contributed by atoms with van der Waals surface area (Å²) >= 11 is 0. The zero-order chi connectivity index (χ0) is 24.1. The fraction of sp³-hybridized carbons (Fsp3) is 0.222. The van der Waals surface area contributed by atoms with E-state index >= 15 is 0 Å². The predicted molar refractivity (Wildman–Crippen MR) is 127 cm³/mol. The molecule has 1 fully saturated rings. The number of aliphatic hydroxyl groups is 1. The molecule has 1 unspecified atom stereocenters. The topological polar surface area (TPSA) is 89.0 Å². The van der Waals surface area contributed by atoms with E-state index in [1.807, 2.05) is 19.1 Å². The maximum Gasteiger partial charge on any atom is 0.296 e. The number of hydrogen-bond donors (Lipinski definition) is 1. The Labute approximate surface area is 198 Å². The molecule has 1 saturated heterocycles. The molecule has 0 aliphatic carbocycles. The summed E-state index contributed by atoms with van der Waals surface area (Å²) in [6, 6.07) is 18.6. The highest BCUT2D eigenvalue weighted by atomic mass is 16.5. The van der Waals surface area contributed by atoms with Gasteiger partial charge in [0, 0.05) is 17.3 Å². The molecule has 0 radical (unpaired) electrons. The van der Waals surface area contributed by atoms with Crippen molar-refractivity contribution in [3.63, 3.8) is 0 Å². The molecular weight excluding hydrogens is 432 g/mol. The largest absolute Gasteiger partial charge is 0.507 e. The van der Waals surface area contributed by atoms with Crippen molar-refractivity contribution in [1.29, 1.82) is 0 Å². The average Bonchev–Trinajstić information content (AvgIpc) is 3.12. The Morgan fingerprint density at radius 1 is 1.06 bits per heavy atom. The van der Waals surface area contributed by atoms with Crippen molar-refractivity contribution in [3.05, 3.63) is 95.3 Å². The van der Waals surface area contributed by atoms with Crippen LogP contribution in [0.15, 0.2) is 78.5 Å². The number of aromatic nitrogens is 1. The van der Waals surface area contributed by atoms with E-state index in [-0.39, 0.29) is 17.9 Å². The zero-order valence-corrected chi connectivity index (χ0v) is 19.1. The van der Waals surface area contributed by atoms with E-state index in [9.17, 15) is 14.7 Å². The first-order chi connectivity index (χ1) is 16.5. The molecule has 0 bridgehead atoms. The Balaban J connectivity index is 1.86. The Kier molecular flexibility index (Phi) is 6.92. The minimum absolute atomic E-state index is 0.00178. The van der Waals surface area contributed by atoms with Crippen LogP contribution in [0.25, 0.3) is 5.76 Å². The first-order valence-electron chi connectivity index (χ1n) is 11.1. The van der Waals surface area contributed by atoms with Gasteiger partial charge in [0.2, 0.25) is 0 Å². The minimum atomic E-state index is -0.849. The Hall–Kier alpha value is -4.13. The molecule has 4 rings (SSSR count). The number of para-hydroxylation sites is 1. The highest BCUT2D eigenvalue weighted by Gasteiger charge is 2.47. The maximum atomic E-state index is 13.3. The first-order valence-corrected chi connectivity index (χ1v) is 11.1. The van der Waals surface area contributed by atoms with E-state index in [0.29, 0.717) is 34.9 Å². The number of ether oxygens (including phenoxy) is 2. The molecule has 0 saturated carbocycles. The molecule has 1 N–H and O–H groups in total. The van der Waals surface area contributed by atoms with Crippen LogP contribution in [0.1, 0.15) is 36.2 Å². The van der Waals surface area contributed by atoms with Crippen molar-refractivity contribution in [1.82, 2.24) is 9.88 Å². The number of aliphatic hydroxyl groups excluding tert-OH is 1. The van der Waals surface area contributed by atoms with Crippen molar-refractivity contribution in [3.8, 4) is 11.5 Å². The third-order valence-electron chi connectivity index (χ3n) is 5.61. The quantitative estimate of drug-likeness (QED) is 0.304. The number of pyridine rings is 1. The highest BCUT2D eigenvalue weighted by molar-refractivity contribution is 6.46. The molecule has 1 amide bonds. The number of ketones is 1. The SMILES string of the molecule is CCCOc1cccc(/C(O)=C2/C(=O)C(=O)N(Cc3ccccn3)C2c2ccccc2OC)c1. The number of carbonyl (C=O) groups excluding carboxylic acids is 2. The van der Waals surface area contributed by atoms with Crippen LogP contribution in [0.3, 0.4) is 0 Å². The van der Waals surface area contributed by atoms with E-state index in [0.717, 1.165) is 6.42 Å². The monoisotopic (exact) mass is 458 g/mol. The van der Waals surface area contributed by atoms with Gasteiger partial charge in [-0.1, -0.05) is 43.3 Å². The van der Waals surface area contributed by atoms with Crippen LogP contribution >= 0.6 is 0 Å². The molecule has 2 aromatic carbocycles. The fourth-order valence-corrected chi connectivity index (χ4v) is 4.03. The summed E-state index contributed by atoms with van der Waals surface area (Å²) in [5, 5.41) is 11.3. The second-order valence-electron chi connectivity index (χ2n) is 7.87. The van der Waals surface area contributed by atoms with Gasteiger partial charge in [-0.15, -0.1) is 0 Å². The van der Waals surface area contributed by atoms with Crippen LogP contribution in [0.2, 0.25) is 0 Å². The summed E-state index contributed by atoms with van der Waals surface area (Å²) in [5.41, 5.74) is 1.61. The lowest BCUT2D eigenvalue weighted by Crippen LogP contribution is -2.29.